The third-order valence-electron chi connectivity index (χ3n) is 5.25. The summed E-state index contributed by atoms with van der Waals surface area (Å²) in [6.45, 7) is 1.70. The van der Waals surface area contributed by atoms with Gasteiger partial charge in [0.2, 0.25) is 15.9 Å². The first kappa shape index (κ1) is 19.1. The molecule has 0 aliphatic carbocycles. The number of benzene rings is 1. The molecule has 1 aromatic heterocycles. The summed E-state index contributed by atoms with van der Waals surface area (Å²) in [6.07, 6.45) is 1.35. The minimum absolute atomic E-state index is 0.0146. The molecule has 3 heterocycles. The number of hydrogen-bond donors (Lipinski definition) is 1. The second-order valence-electron chi connectivity index (χ2n) is 7.02. The maximum absolute atomic E-state index is 13.3. The summed E-state index contributed by atoms with van der Waals surface area (Å²) >= 11 is 5.88. The van der Waals surface area contributed by atoms with E-state index in [1.54, 1.807) is 6.92 Å². The monoisotopic (exact) mass is 423 g/mol. The van der Waals surface area contributed by atoms with Crippen LogP contribution in [0.4, 0.5) is 0 Å². The second-order valence-corrected chi connectivity index (χ2v) is 9.30. The molecule has 2 saturated heterocycles. The quantitative estimate of drug-likeness (QED) is 0.596. The van der Waals surface area contributed by atoms with Crippen LogP contribution >= 0.6 is 11.6 Å². The zero-order valence-electron chi connectivity index (χ0n) is 14.9. The Labute approximate surface area is 166 Å². The molecule has 0 radical (unpaired) electrons. The van der Waals surface area contributed by atoms with Crippen LogP contribution in [0.5, 0.6) is 0 Å². The van der Waals surface area contributed by atoms with Crippen molar-refractivity contribution in [3.63, 3.8) is 0 Å². The minimum Gasteiger partial charge on any atom is -0.515 e. The van der Waals surface area contributed by atoms with E-state index in [1.807, 2.05) is 0 Å². The smallest absolute Gasteiger partial charge is 0.243 e. The highest BCUT2D eigenvalue weighted by atomic mass is 35.5. The van der Waals surface area contributed by atoms with Crippen LogP contribution in [0.2, 0.25) is 5.02 Å². The molecule has 3 atom stereocenters. The van der Waals surface area contributed by atoms with Crippen LogP contribution in [0.25, 0.3) is 0 Å². The number of aryl methyl sites for hydroxylation is 1. The van der Waals surface area contributed by atoms with E-state index in [1.165, 1.54) is 28.6 Å². The van der Waals surface area contributed by atoms with Crippen molar-refractivity contribution < 1.29 is 22.8 Å². The lowest BCUT2D eigenvalue weighted by Crippen LogP contribution is -2.57. The average molecular weight is 424 g/mol. The zero-order valence-corrected chi connectivity index (χ0v) is 16.5. The minimum atomic E-state index is -3.90. The van der Waals surface area contributed by atoms with Gasteiger partial charge in [0, 0.05) is 29.0 Å². The number of halogens is 1. The molecule has 0 amide bonds. The molecule has 148 valence electrons. The Morgan fingerprint density at radius 2 is 2.00 bits per heavy atom. The van der Waals surface area contributed by atoms with E-state index in [2.05, 4.69) is 10.1 Å². The van der Waals surface area contributed by atoms with Gasteiger partial charge >= 0.3 is 0 Å². The van der Waals surface area contributed by atoms with Crippen LogP contribution in [0.3, 0.4) is 0 Å². The number of carbonyl (C=O) groups excluding carboxylic acids is 1. The van der Waals surface area contributed by atoms with E-state index in [0.29, 0.717) is 23.2 Å². The van der Waals surface area contributed by atoms with Crippen molar-refractivity contribution in [2.45, 2.75) is 49.1 Å². The number of aliphatic hydroxyl groups excluding tert-OH is 1. The van der Waals surface area contributed by atoms with Gasteiger partial charge in [0.25, 0.3) is 0 Å². The molecule has 4 rings (SSSR count). The van der Waals surface area contributed by atoms with Gasteiger partial charge in [0.05, 0.1) is 17.2 Å². The number of hydrogen-bond acceptors (Lipinski definition) is 7. The SMILES string of the molecule is Cc1noc(C2CC3CC(=O)/C(=C\O)C(C2)N3S(=O)(=O)c2ccc(Cl)cc2)n1. The van der Waals surface area contributed by atoms with Crippen molar-refractivity contribution in [2.24, 2.45) is 0 Å². The first-order valence-corrected chi connectivity index (χ1v) is 10.6. The first-order chi connectivity index (χ1) is 13.3. The van der Waals surface area contributed by atoms with E-state index in [0.717, 1.165) is 6.26 Å². The fraction of sp³-hybridized carbons (Fsp3) is 0.389. The largest absolute Gasteiger partial charge is 0.515 e. The molecule has 2 aromatic rings. The highest BCUT2D eigenvalue weighted by molar-refractivity contribution is 7.89. The number of carbonyl (C=O) groups is 1. The first-order valence-electron chi connectivity index (χ1n) is 8.78. The van der Waals surface area contributed by atoms with Crippen molar-refractivity contribution >= 4 is 27.4 Å². The van der Waals surface area contributed by atoms with Crippen LogP contribution in [-0.4, -0.2) is 45.8 Å². The molecule has 2 fully saturated rings. The molecule has 2 aliphatic rings. The number of piperidine rings is 2. The molecule has 10 heteroatoms. The topological polar surface area (TPSA) is 114 Å². The molecule has 0 spiro atoms. The molecule has 1 N–H and O–H groups in total. The summed E-state index contributed by atoms with van der Waals surface area (Å²) in [4.78, 5) is 16.8. The number of sulfonamides is 1. The van der Waals surface area contributed by atoms with Crippen LogP contribution in [0, 0.1) is 6.92 Å². The van der Waals surface area contributed by atoms with Crippen LogP contribution in [0.15, 0.2) is 45.5 Å². The van der Waals surface area contributed by atoms with Crippen molar-refractivity contribution in [3.8, 4) is 0 Å². The van der Waals surface area contributed by atoms with Gasteiger partial charge in [-0.05, 0) is 44.0 Å². The number of rotatable bonds is 3. The lowest BCUT2D eigenvalue weighted by Gasteiger charge is -2.46. The maximum atomic E-state index is 13.3. The second kappa shape index (κ2) is 6.98. The molecule has 8 nitrogen and oxygen atoms in total. The molecule has 28 heavy (non-hydrogen) atoms. The van der Waals surface area contributed by atoms with Crippen LogP contribution in [-0.2, 0) is 14.8 Å². The zero-order chi connectivity index (χ0) is 20.1. The van der Waals surface area contributed by atoms with E-state index in [4.69, 9.17) is 16.1 Å². The standard InChI is InChI=1S/C18H18ClN3O5S/c1-10-20-18(27-21-10)11-6-13-8-17(24)15(9-23)16(7-11)22(13)28(25,26)14-4-2-12(19)3-5-14/h2-5,9,11,13,16,23H,6-8H2,1H3/b15-9-. The summed E-state index contributed by atoms with van der Waals surface area (Å²) in [5.41, 5.74) is 0.0784. The lowest BCUT2D eigenvalue weighted by atomic mass is 9.77. The van der Waals surface area contributed by atoms with Crippen molar-refractivity contribution in [2.75, 3.05) is 0 Å². The fourth-order valence-corrected chi connectivity index (χ4v) is 5.98. The highest BCUT2D eigenvalue weighted by Gasteiger charge is 2.51. The summed E-state index contributed by atoms with van der Waals surface area (Å²) in [5, 5.41) is 13.9. The Hall–Kier alpha value is -2.23. The van der Waals surface area contributed by atoms with E-state index < -0.39 is 22.1 Å². The van der Waals surface area contributed by atoms with E-state index >= 15 is 0 Å². The van der Waals surface area contributed by atoms with Gasteiger partial charge in [-0.15, -0.1) is 0 Å². The molecule has 0 saturated carbocycles. The number of aliphatic hydroxyl groups is 1. The van der Waals surface area contributed by atoms with Crippen molar-refractivity contribution in [3.05, 3.63) is 52.8 Å². The molecular weight excluding hydrogens is 406 g/mol. The van der Waals surface area contributed by atoms with E-state index in [9.17, 15) is 18.3 Å². The predicted octanol–water partition coefficient (Wildman–Crippen LogP) is 2.75. The van der Waals surface area contributed by atoms with Crippen LogP contribution < -0.4 is 0 Å². The Kier molecular flexibility index (Phi) is 4.76. The number of fused-ring (bicyclic) bond motifs is 2. The summed E-state index contributed by atoms with van der Waals surface area (Å²) in [5.74, 6) is 0.462. The van der Waals surface area contributed by atoms with Gasteiger partial charge in [-0.25, -0.2) is 8.42 Å². The predicted molar refractivity (Wildman–Crippen MR) is 99.4 cm³/mol. The van der Waals surface area contributed by atoms with E-state index in [-0.39, 0.29) is 35.0 Å². The van der Waals surface area contributed by atoms with Gasteiger partial charge in [-0.1, -0.05) is 16.8 Å². The summed E-state index contributed by atoms with van der Waals surface area (Å²) < 4.78 is 33.3. The maximum Gasteiger partial charge on any atom is 0.243 e. The number of nitrogens with zero attached hydrogens (tertiary/aromatic N) is 3. The number of aromatic nitrogens is 2. The average Bonchev–Trinajstić information content (AvgIpc) is 3.08. The Bertz CT molecular complexity index is 1050. The van der Waals surface area contributed by atoms with Gasteiger partial charge in [0.15, 0.2) is 11.6 Å². The lowest BCUT2D eigenvalue weighted by molar-refractivity contribution is -0.119. The van der Waals surface area contributed by atoms with Gasteiger partial charge < -0.3 is 9.63 Å². The third kappa shape index (κ3) is 3.13. The van der Waals surface area contributed by atoms with Crippen molar-refractivity contribution in [1.82, 2.24) is 14.4 Å². The Morgan fingerprint density at radius 3 is 2.61 bits per heavy atom. The Morgan fingerprint density at radius 1 is 1.29 bits per heavy atom. The highest BCUT2D eigenvalue weighted by Crippen LogP contribution is 2.44. The third-order valence-corrected chi connectivity index (χ3v) is 7.48. The van der Waals surface area contributed by atoms with Gasteiger partial charge in [-0.3, -0.25) is 4.79 Å². The summed E-state index contributed by atoms with van der Waals surface area (Å²) in [6, 6.07) is 4.52. The number of Topliss-reactive ketones (excluding diaryl/α,β-unsaturated/α-hetero) is 1. The van der Waals surface area contributed by atoms with Crippen molar-refractivity contribution in [1.29, 1.82) is 0 Å². The van der Waals surface area contributed by atoms with Gasteiger partial charge in [-0.2, -0.15) is 9.29 Å². The molecular formula is C18H18ClN3O5S. The van der Waals surface area contributed by atoms with Gasteiger partial charge in [0.1, 0.15) is 0 Å². The molecule has 2 aliphatic heterocycles. The van der Waals surface area contributed by atoms with Crippen LogP contribution in [0.1, 0.15) is 36.9 Å². The fourth-order valence-electron chi connectivity index (χ4n) is 4.04. The number of ketones is 1. The Balaban J connectivity index is 1.75. The molecule has 2 bridgehead atoms. The summed E-state index contributed by atoms with van der Waals surface area (Å²) in [7, 11) is -3.90. The normalized spacial score (nSPS) is 27.3. The molecule has 1 aromatic carbocycles. The molecule has 3 unspecified atom stereocenters.